The van der Waals surface area contributed by atoms with E-state index in [2.05, 4.69) is 5.10 Å². The molecule has 6 nitrogen and oxygen atoms in total. The van der Waals surface area contributed by atoms with Gasteiger partial charge in [0.1, 0.15) is 0 Å². The fourth-order valence-electron chi connectivity index (χ4n) is 2.49. The number of esters is 1. The molecule has 0 saturated carbocycles. The molecule has 0 spiro atoms. The summed E-state index contributed by atoms with van der Waals surface area (Å²) in [5.41, 5.74) is 1.45. The first-order chi connectivity index (χ1) is 9.54. The molecule has 1 aromatic rings. The van der Waals surface area contributed by atoms with Crippen molar-refractivity contribution in [3.63, 3.8) is 0 Å². The van der Waals surface area contributed by atoms with E-state index in [1.54, 1.807) is 22.7 Å². The lowest BCUT2D eigenvalue weighted by Crippen LogP contribution is -2.43. The normalized spacial score (nSPS) is 18.9. The maximum atomic E-state index is 12.5. The van der Waals surface area contributed by atoms with Gasteiger partial charge in [0.2, 0.25) is 0 Å². The third-order valence-corrected chi connectivity index (χ3v) is 3.79. The minimum atomic E-state index is -0.204. The van der Waals surface area contributed by atoms with Gasteiger partial charge in [-0.25, -0.2) is 0 Å². The molecule has 1 atom stereocenters. The molecule has 110 valence electrons. The van der Waals surface area contributed by atoms with Crippen molar-refractivity contribution >= 4 is 11.9 Å². The third kappa shape index (κ3) is 2.84. The largest absolute Gasteiger partial charge is 0.466 e. The second kappa shape index (κ2) is 6.07. The van der Waals surface area contributed by atoms with E-state index >= 15 is 0 Å². The smallest absolute Gasteiger partial charge is 0.310 e. The number of carbonyl (C=O) groups is 2. The van der Waals surface area contributed by atoms with Crippen molar-refractivity contribution in [3.8, 4) is 0 Å². The van der Waals surface area contributed by atoms with Gasteiger partial charge in [-0.1, -0.05) is 0 Å². The maximum Gasteiger partial charge on any atom is 0.310 e. The highest BCUT2D eigenvalue weighted by Gasteiger charge is 2.30. The van der Waals surface area contributed by atoms with Crippen LogP contribution >= 0.6 is 0 Å². The lowest BCUT2D eigenvalue weighted by atomic mass is 9.97. The summed E-state index contributed by atoms with van der Waals surface area (Å²) in [7, 11) is 1.81. The molecular weight excluding hydrogens is 258 g/mol. The Morgan fingerprint density at radius 2 is 2.25 bits per heavy atom. The van der Waals surface area contributed by atoms with Gasteiger partial charge in [-0.2, -0.15) is 5.10 Å². The van der Waals surface area contributed by atoms with Crippen LogP contribution in [0.2, 0.25) is 0 Å². The molecule has 0 N–H and O–H groups in total. The van der Waals surface area contributed by atoms with Gasteiger partial charge < -0.3 is 9.64 Å². The van der Waals surface area contributed by atoms with Crippen molar-refractivity contribution in [3.05, 3.63) is 17.5 Å². The summed E-state index contributed by atoms with van der Waals surface area (Å²) in [6, 6.07) is 0. The van der Waals surface area contributed by atoms with Crippen LogP contribution in [0.15, 0.2) is 6.20 Å². The molecule has 1 amide bonds. The van der Waals surface area contributed by atoms with Crippen molar-refractivity contribution in [2.45, 2.75) is 26.7 Å². The summed E-state index contributed by atoms with van der Waals surface area (Å²) in [5.74, 6) is -0.456. The summed E-state index contributed by atoms with van der Waals surface area (Å²) in [5, 5.41) is 4.09. The number of nitrogens with zero attached hydrogens (tertiary/aromatic N) is 3. The van der Waals surface area contributed by atoms with Gasteiger partial charge in [0.05, 0.1) is 24.3 Å². The zero-order chi connectivity index (χ0) is 14.7. The molecule has 6 heteroatoms. The number of piperidine rings is 1. The minimum Gasteiger partial charge on any atom is -0.466 e. The number of carbonyl (C=O) groups excluding carboxylic acids is 2. The van der Waals surface area contributed by atoms with Crippen LogP contribution < -0.4 is 0 Å². The number of amides is 1. The van der Waals surface area contributed by atoms with Crippen molar-refractivity contribution in [1.82, 2.24) is 14.7 Å². The van der Waals surface area contributed by atoms with Crippen LogP contribution in [0.5, 0.6) is 0 Å². The Balaban J connectivity index is 2.07. The van der Waals surface area contributed by atoms with Crippen molar-refractivity contribution in [2.75, 3.05) is 19.7 Å². The highest BCUT2D eigenvalue weighted by atomic mass is 16.5. The topological polar surface area (TPSA) is 64.4 Å². The van der Waals surface area contributed by atoms with Crippen molar-refractivity contribution < 1.29 is 14.3 Å². The molecule has 1 aromatic heterocycles. The lowest BCUT2D eigenvalue weighted by molar-refractivity contribution is -0.149. The Kier molecular flexibility index (Phi) is 4.42. The van der Waals surface area contributed by atoms with Crippen LogP contribution in [-0.4, -0.2) is 46.3 Å². The van der Waals surface area contributed by atoms with Gasteiger partial charge in [-0.15, -0.1) is 0 Å². The number of hydrogen-bond donors (Lipinski definition) is 0. The molecule has 0 unspecified atom stereocenters. The number of aromatic nitrogens is 2. The van der Waals surface area contributed by atoms with E-state index in [4.69, 9.17) is 4.74 Å². The lowest BCUT2D eigenvalue weighted by Gasteiger charge is -2.31. The first-order valence-electron chi connectivity index (χ1n) is 6.99. The molecular formula is C14H21N3O3. The molecule has 2 heterocycles. The number of rotatable bonds is 3. The average molecular weight is 279 g/mol. The van der Waals surface area contributed by atoms with Gasteiger partial charge in [0.15, 0.2) is 0 Å². The van der Waals surface area contributed by atoms with Gasteiger partial charge >= 0.3 is 5.97 Å². The number of likely N-dealkylation sites (tertiary alicyclic amines) is 1. The Labute approximate surface area is 118 Å². The number of ether oxygens (including phenoxy) is 1. The predicted molar refractivity (Wildman–Crippen MR) is 73.2 cm³/mol. The van der Waals surface area contributed by atoms with Crippen LogP contribution in [0, 0.1) is 12.8 Å². The second-order valence-electron chi connectivity index (χ2n) is 5.11. The summed E-state index contributed by atoms with van der Waals surface area (Å²) in [6.07, 6.45) is 3.20. The fraction of sp³-hybridized carbons (Fsp3) is 0.643. The quantitative estimate of drug-likeness (QED) is 0.778. The Morgan fingerprint density at radius 3 is 2.85 bits per heavy atom. The van der Waals surface area contributed by atoms with E-state index < -0.39 is 0 Å². The monoisotopic (exact) mass is 279 g/mol. The fourth-order valence-corrected chi connectivity index (χ4v) is 2.49. The van der Waals surface area contributed by atoms with Crippen molar-refractivity contribution in [1.29, 1.82) is 0 Å². The predicted octanol–water partition coefficient (Wildman–Crippen LogP) is 1.14. The van der Waals surface area contributed by atoms with Gasteiger partial charge in [-0.3, -0.25) is 14.3 Å². The van der Waals surface area contributed by atoms with Crippen molar-refractivity contribution in [2.24, 2.45) is 13.0 Å². The molecule has 0 aromatic carbocycles. The third-order valence-electron chi connectivity index (χ3n) is 3.79. The SMILES string of the molecule is CCOC(=O)[C@H]1CCCN(C(=O)c2cnn(C)c2C)C1. The van der Waals surface area contributed by atoms with E-state index in [9.17, 15) is 9.59 Å². The van der Waals surface area contributed by atoms with Crippen LogP contribution in [-0.2, 0) is 16.6 Å². The summed E-state index contributed by atoms with van der Waals surface area (Å²) < 4.78 is 6.73. The first kappa shape index (κ1) is 14.6. The molecule has 1 fully saturated rings. The molecule has 0 radical (unpaired) electrons. The molecule has 20 heavy (non-hydrogen) atoms. The summed E-state index contributed by atoms with van der Waals surface area (Å²) in [6.45, 7) is 5.16. The van der Waals surface area contributed by atoms with Crippen LogP contribution in [0.1, 0.15) is 35.8 Å². The maximum absolute atomic E-state index is 12.5. The highest BCUT2D eigenvalue weighted by molar-refractivity contribution is 5.95. The molecule has 0 aliphatic carbocycles. The molecule has 2 rings (SSSR count). The van der Waals surface area contributed by atoms with E-state index in [0.717, 1.165) is 18.5 Å². The zero-order valence-electron chi connectivity index (χ0n) is 12.3. The molecule has 1 aliphatic rings. The number of aryl methyl sites for hydroxylation is 1. The van der Waals surface area contributed by atoms with Gasteiger partial charge in [0.25, 0.3) is 5.91 Å². The van der Waals surface area contributed by atoms with E-state index in [1.165, 1.54) is 0 Å². The molecule has 1 aliphatic heterocycles. The number of hydrogen-bond acceptors (Lipinski definition) is 4. The summed E-state index contributed by atoms with van der Waals surface area (Å²) in [4.78, 5) is 26.0. The van der Waals surface area contributed by atoms with E-state index in [1.807, 2.05) is 14.0 Å². The highest BCUT2D eigenvalue weighted by Crippen LogP contribution is 2.20. The van der Waals surface area contributed by atoms with Gasteiger partial charge in [-0.05, 0) is 26.7 Å². The first-order valence-corrected chi connectivity index (χ1v) is 6.99. The zero-order valence-corrected chi connectivity index (χ0v) is 12.3. The van der Waals surface area contributed by atoms with Gasteiger partial charge in [0, 0.05) is 25.8 Å². The van der Waals surface area contributed by atoms with E-state index in [-0.39, 0.29) is 17.8 Å². The Morgan fingerprint density at radius 1 is 1.50 bits per heavy atom. The van der Waals surface area contributed by atoms with E-state index in [0.29, 0.717) is 25.3 Å². The molecule has 1 saturated heterocycles. The van der Waals surface area contributed by atoms with Crippen LogP contribution in [0.3, 0.4) is 0 Å². The molecule has 0 bridgehead atoms. The second-order valence-corrected chi connectivity index (χ2v) is 5.11. The van der Waals surface area contributed by atoms with Crippen LogP contribution in [0.4, 0.5) is 0 Å². The van der Waals surface area contributed by atoms with Crippen LogP contribution in [0.25, 0.3) is 0 Å². The standard InChI is InChI=1S/C14H21N3O3/c1-4-20-14(19)11-6-5-7-17(9-11)13(18)12-8-15-16(3)10(12)2/h8,11H,4-7,9H2,1-3H3/t11-/m0/s1. The average Bonchev–Trinajstić information content (AvgIpc) is 2.79. The minimum absolute atomic E-state index is 0.0513. The Bertz CT molecular complexity index is 510. The Hall–Kier alpha value is -1.85. The summed E-state index contributed by atoms with van der Waals surface area (Å²) >= 11 is 0.